The van der Waals surface area contributed by atoms with E-state index in [0.717, 1.165) is 27.9 Å². The van der Waals surface area contributed by atoms with Crippen molar-refractivity contribution in [2.75, 3.05) is 0 Å². The molecule has 3 aromatic rings. The molecule has 25 heavy (non-hydrogen) atoms. The molecule has 0 saturated carbocycles. The topological polar surface area (TPSA) is 58.5 Å². The molecule has 1 amide bonds. The number of carbonyl (C=O) groups is 1. The second kappa shape index (κ2) is 6.43. The number of rotatable bonds is 3. The lowest BCUT2D eigenvalue weighted by molar-refractivity contribution is -0.132. The summed E-state index contributed by atoms with van der Waals surface area (Å²) in [6.45, 7) is 1.86. The number of carbonyl (C=O) groups excluding carboxylic acids is 1. The molecular weight excluding hydrogens is 312 g/mol. The minimum atomic E-state index is -0.103. The van der Waals surface area contributed by atoms with Crippen molar-refractivity contribution in [3.05, 3.63) is 72.1 Å². The molecule has 1 aliphatic heterocycles. The van der Waals surface area contributed by atoms with Gasteiger partial charge in [-0.05, 0) is 23.3 Å². The molecule has 2 aromatic carbocycles. The third-order valence-corrected chi connectivity index (χ3v) is 4.45. The minimum absolute atomic E-state index is 0.0233. The highest BCUT2D eigenvalue weighted by molar-refractivity contribution is 6.03. The minimum Gasteiger partial charge on any atom is -0.273 e. The van der Waals surface area contributed by atoms with Crippen LogP contribution >= 0.6 is 0 Å². The van der Waals surface area contributed by atoms with Gasteiger partial charge in [0.05, 0.1) is 22.8 Å². The second-order valence-corrected chi connectivity index (χ2v) is 6.03. The van der Waals surface area contributed by atoms with E-state index < -0.39 is 0 Å². The Hall–Kier alpha value is -3.08. The van der Waals surface area contributed by atoms with Crippen LogP contribution in [0.25, 0.3) is 11.0 Å². The van der Waals surface area contributed by atoms with Crippen molar-refractivity contribution >= 4 is 22.7 Å². The Kier molecular flexibility index (Phi) is 3.98. The van der Waals surface area contributed by atoms with Crippen molar-refractivity contribution in [3.8, 4) is 0 Å². The monoisotopic (exact) mass is 330 g/mol. The number of nitrogens with zero attached hydrogens (tertiary/aromatic N) is 4. The average Bonchev–Trinajstić information content (AvgIpc) is 3.13. The fourth-order valence-corrected chi connectivity index (χ4v) is 3.15. The summed E-state index contributed by atoms with van der Waals surface area (Å²) in [7, 11) is 0. The molecule has 4 rings (SSSR count). The summed E-state index contributed by atoms with van der Waals surface area (Å²) < 4.78 is 0. The SMILES string of the molecule is CCC(=O)N1N=C(c2ccccc2)C[C@H]1c1ccc2nccnc2c1. The van der Waals surface area contributed by atoms with Gasteiger partial charge < -0.3 is 0 Å². The van der Waals surface area contributed by atoms with Crippen LogP contribution in [0.2, 0.25) is 0 Å². The first-order chi connectivity index (χ1) is 12.3. The van der Waals surface area contributed by atoms with E-state index in [1.807, 2.05) is 55.5 Å². The number of fused-ring (bicyclic) bond motifs is 1. The lowest BCUT2D eigenvalue weighted by Gasteiger charge is -2.21. The van der Waals surface area contributed by atoms with E-state index in [-0.39, 0.29) is 11.9 Å². The number of benzene rings is 2. The molecule has 1 aliphatic rings. The summed E-state index contributed by atoms with van der Waals surface area (Å²) in [4.78, 5) is 21.1. The third-order valence-electron chi connectivity index (χ3n) is 4.45. The van der Waals surface area contributed by atoms with Crippen LogP contribution in [0.1, 0.15) is 36.9 Å². The van der Waals surface area contributed by atoms with Crippen molar-refractivity contribution in [1.29, 1.82) is 0 Å². The first kappa shape index (κ1) is 15.4. The maximum Gasteiger partial charge on any atom is 0.242 e. The van der Waals surface area contributed by atoms with Crippen LogP contribution in [-0.4, -0.2) is 26.6 Å². The third kappa shape index (κ3) is 2.89. The molecule has 5 nitrogen and oxygen atoms in total. The van der Waals surface area contributed by atoms with Crippen molar-refractivity contribution in [3.63, 3.8) is 0 Å². The summed E-state index contributed by atoms with van der Waals surface area (Å²) >= 11 is 0. The Labute approximate surface area is 146 Å². The fraction of sp³-hybridized carbons (Fsp3) is 0.200. The Bertz CT molecular complexity index is 952. The molecule has 0 bridgehead atoms. The van der Waals surface area contributed by atoms with Crippen LogP contribution in [-0.2, 0) is 4.79 Å². The van der Waals surface area contributed by atoms with Gasteiger partial charge in [0.25, 0.3) is 0 Å². The van der Waals surface area contributed by atoms with Crippen molar-refractivity contribution in [2.45, 2.75) is 25.8 Å². The van der Waals surface area contributed by atoms with Crippen LogP contribution in [0.15, 0.2) is 66.0 Å². The second-order valence-electron chi connectivity index (χ2n) is 6.03. The molecule has 0 unspecified atom stereocenters. The zero-order valence-corrected chi connectivity index (χ0v) is 14.0. The Morgan fingerprint density at radius 3 is 2.60 bits per heavy atom. The van der Waals surface area contributed by atoms with Gasteiger partial charge in [-0.2, -0.15) is 5.10 Å². The van der Waals surface area contributed by atoms with E-state index in [1.165, 1.54) is 0 Å². The van der Waals surface area contributed by atoms with Crippen LogP contribution in [0.3, 0.4) is 0 Å². The zero-order chi connectivity index (χ0) is 17.2. The molecule has 2 heterocycles. The highest BCUT2D eigenvalue weighted by Crippen LogP contribution is 2.34. The number of hydrogen-bond donors (Lipinski definition) is 0. The van der Waals surface area contributed by atoms with Gasteiger partial charge >= 0.3 is 0 Å². The first-order valence-electron chi connectivity index (χ1n) is 8.42. The summed E-state index contributed by atoms with van der Waals surface area (Å²) in [6, 6.07) is 15.9. The average molecular weight is 330 g/mol. The van der Waals surface area contributed by atoms with Crippen LogP contribution in [0, 0.1) is 0 Å². The lowest BCUT2D eigenvalue weighted by atomic mass is 9.98. The molecule has 0 saturated heterocycles. The van der Waals surface area contributed by atoms with Crippen molar-refractivity contribution in [2.24, 2.45) is 5.10 Å². The summed E-state index contributed by atoms with van der Waals surface area (Å²) in [5, 5.41) is 6.26. The first-order valence-corrected chi connectivity index (χ1v) is 8.42. The summed E-state index contributed by atoms with van der Waals surface area (Å²) in [5.41, 5.74) is 4.70. The maximum atomic E-state index is 12.4. The predicted molar refractivity (Wildman–Crippen MR) is 97.0 cm³/mol. The van der Waals surface area contributed by atoms with Crippen LogP contribution in [0.4, 0.5) is 0 Å². The molecule has 0 aliphatic carbocycles. The van der Waals surface area contributed by atoms with E-state index in [9.17, 15) is 4.79 Å². The molecule has 0 N–H and O–H groups in total. The van der Waals surface area contributed by atoms with Crippen molar-refractivity contribution in [1.82, 2.24) is 15.0 Å². The molecule has 5 heteroatoms. The molecular formula is C20H18N4O. The van der Waals surface area contributed by atoms with Crippen molar-refractivity contribution < 1.29 is 4.79 Å². The Balaban J connectivity index is 1.73. The standard InChI is InChI=1S/C20H18N4O/c1-2-20(25)24-19(13-17(23-24)14-6-4-3-5-7-14)15-8-9-16-18(12-15)22-11-10-21-16/h3-12,19H,2,13H2,1H3/t19-/m0/s1. The van der Waals surface area contributed by atoms with E-state index in [0.29, 0.717) is 12.8 Å². The Morgan fingerprint density at radius 2 is 1.84 bits per heavy atom. The van der Waals surface area contributed by atoms with Gasteiger partial charge in [-0.3, -0.25) is 14.8 Å². The van der Waals surface area contributed by atoms with E-state index in [2.05, 4.69) is 15.1 Å². The molecule has 124 valence electrons. The van der Waals surface area contributed by atoms with E-state index in [1.54, 1.807) is 17.4 Å². The normalized spacial score (nSPS) is 16.9. The smallest absolute Gasteiger partial charge is 0.242 e. The summed E-state index contributed by atoms with van der Waals surface area (Å²) in [6.07, 6.45) is 4.49. The molecule has 0 fully saturated rings. The highest BCUT2D eigenvalue weighted by atomic mass is 16.2. The molecule has 1 aromatic heterocycles. The van der Waals surface area contributed by atoms with Gasteiger partial charge in [0.15, 0.2) is 0 Å². The van der Waals surface area contributed by atoms with Crippen LogP contribution < -0.4 is 0 Å². The Morgan fingerprint density at radius 1 is 1.08 bits per heavy atom. The molecule has 0 spiro atoms. The number of hydrogen-bond acceptors (Lipinski definition) is 4. The lowest BCUT2D eigenvalue weighted by Crippen LogP contribution is -2.26. The number of aromatic nitrogens is 2. The van der Waals surface area contributed by atoms with E-state index >= 15 is 0 Å². The maximum absolute atomic E-state index is 12.4. The van der Waals surface area contributed by atoms with Gasteiger partial charge in [0.1, 0.15) is 0 Å². The predicted octanol–water partition coefficient (Wildman–Crippen LogP) is 3.72. The fourth-order valence-electron chi connectivity index (χ4n) is 3.15. The van der Waals surface area contributed by atoms with Gasteiger partial charge in [0, 0.05) is 25.2 Å². The van der Waals surface area contributed by atoms with Gasteiger partial charge in [-0.1, -0.05) is 43.3 Å². The van der Waals surface area contributed by atoms with Gasteiger partial charge in [-0.15, -0.1) is 0 Å². The molecule has 1 atom stereocenters. The van der Waals surface area contributed by atoms with Gasteiger partial charge in [-0.25, -0.2) is 5.01 Å². The molecule has 0 radical (unpaired) electrons. The number of hydrazone groups is 1. The largest absolute Gasteiger partial charge is 0.273 e. The van der Waals surface area contributed by atoms with E-state index in [4.69, 9.17) is 0 Å². The summed E-state index contributed by atoms with van der Waals surface area (Å²) in [5.74, 6) is 0.0233. The zero-order valence-electron chi connectivity index (χ0n) is 14.0. The number of amides is 1. The quantitative estimate of drug-likeness (QED) is 0.735. The highest BCUT2D eigenvalue weighted by Gasteiger charge is 2.32. The van der Waals surface area contributed by atoms with Gasteiger partial charge in [0.2, 0.25) is 5.91 Å². The van der Waals surface area contributed by atoms with Crippen LogP contribution in [0.5, 0.6) is 0 Å².